The Bertz CT molecular complexity index is 864. The monoisotopic (exact) mass is 412 g/mol. The van der Waals surface area contributed by atoms with Gasteiger partial charge in [0.25, 0.3) is 5.91 Å². The molecular formula is C24H32N2O4. The quantitative estimate of drug-likeness (QED) is 0.578. The summed E-state index contributed by atoms with van der Waals surface area (Å²) in [4.78, 5) is 24.6. The van der Waals surface area contributed by atoms with Crippen LogP contribution < -0.4 is 20.1 Å². The van der Waals surface area contributed by atoms with Crippen molar-refractivity contribution in [2.75, 3.05) is 18.5 Å². The van der Waals surface area contributed by atoms with Crippen LogP contribution >= 0.6 is 0 Å². The average Bonchev–Trinajstić information content (AvgIpc) is 2.73. The van der Waals surface area contributed by atoms with Crippen LogP contribution in [0.4, 0.5) is 5.69 Å². The molecule has 6 nitrogen and oxygen atoms in total. The number of carbonyl (C=O) groups is 2. The predicted octanol–water partition coefficient (Wildman–Crippen LogP) is 4.96. The second-order valence-corrected chi connectivity index (χ2v) is 7.25. The number of hydrogen-bond acceptors (Lipinski definition) is 4. The molecule has 0 saturated heterocycles. The van der Waals surface area contributed by atoms with Gasteiger partial charge in [-0.15, -0.1) is 0 Å². The third-order valence-corrected chi connectivity index (χ3v) is 4.61. The molecule has 0 aliphatic heterocycles. The van der Waals surface area contributed by atoms with Crippen LogP contribution in [0.1, 0.15) is 63.0 Å². The lowest BCUT2D eigenvalue weighted by molar-refractivity contribution is -0.115. The van der Waals surface area contributed by atoms with Crippen LogP contribution in [0, 0.1) is 5.92 Å². The van der Waals surface area contributed by atoms with Crippen molar-refractivity contribution < 1.29 is 19.1 Å². The van der Waals surface area contributed by atoms with E-state index in [2.05, 4.69) is 24.5 Å². The first-order valence-corrected chi connectivity index (χ1v) is 10.5. The van der Waals surface area contributed by atoms with Crippen LogP contribution in [0.2, 0.25) is 0 Å². The maximum Gasteiger partial charge on any atom is 0.251 e. The van der Waals surface area contributed by atoms with E-state index >= 15 is 0 Å². The molecule has 0 radical (unpaired) electrons. The molecule has 162 valence electrons. The summed E-state index contributed by atoms with van der Waals surface area (Å²) in [6.07, 6.45) is 0.381. The molecule has 30 heavy (non-hydrogen) atoms. The molecular weight excluding hydrogens is 380 g/mol. The van der Waals surface area contributed by atoms with Crippen molar-refractivity contribution in [1.29, 1.82) is 0 Å². The molecule has 0 aliphatic rings. The van der Waals surface area contributed by atoms with E-state index in [9.17, 15) is 9.59 Å². The first-order valence-electron chi connectivity index (χ1n) is 10.5. The Labute approximate surface area is 179 Å². The SMILES string of the molecule is CCOc1ccc(C(NC(=O)c2cccc(NC(=O)CC)c2)C(C)C)cc1OCC. The highest BCUT2D eigenvalue weighted by Gasteiger charge is 2.21. The zero-order chi connectivity index (χ0) is 22.1. The van der Waals surface area contributed by atoms with Crippen LogP contribution in [-0.4, -0.2) is 25.0 Å². The highest BCUT2D eigenvalue weighted by atomic mass is 16.5. The largest absolute Gasteiger partial charge is 0.490 e. The fourth-order valence-electron chi connectivity index (χ4n) is 3.11. The highest BCUT2D eigenvalue weighted by molar-refractivity contribution is 5.97. The van der Waals surface area contributed by atoms with Gasteiger partial charge >= 0.3 is 0 Å². The molecule has 2 N–H and O–H groups in total. The first-order chi connectivity index (χ1) is 14.4. The van der Waals surface area contributed by atoms with Crippen molar-refractivity contribution in [3.63, 3.8) is 0 Å². The van der Waals surface area contributed by atoms with Crippen molar-refractivity contribution in [2.45, 2.75) is 47.1 Å². The van der Waals surface area contributed by atoms with E-state index in [4.69, 9.17) is 9.47 Å². The van der Waals surface area contributed by atoms with Crippen molar-refractivity contribution in [3.8, 4) is 11.5 Å². The fraction of sp³-hybridized carbons (Fsp3) is 0.417. The Morgan fingerprint density at radius 3 is 2.27 bits per heavy atom. The number of ether oxygens (including phenoxy) is 2. The first kappa shape index (κ1) is 23.3. The Balaban J connectivity index is 2.25. The van der Waals surface area contributed by atoms with Crippen LogP contribution in [0.25, 0.3) is 0 Å². The van der Waals surface area contributed by atoms with E-state index in [1.165, 1.54) is 0 Å². The Hall–Kier alpha value is -3.02. The molecule has 2 rings (SSSR count). The lowest BCUT2D eigenvalue weighted by Crippen LogP contribution is -2.31. The van der Waals surface area contributed by atoms with Gasteiger partial charge in [-0.3, -0.25) is 9.59 Å². The lowest BCUT2D eigenvalue weighted by atomic mass is 9.95. The van der Waals surface area contributed by atoms with E-state index in [0.29, 0.717) is 42.4 Å². The lowest BCUT2D eigenvalue weighted by Gasteiger charge is -2.24. The molecule has 0 bridgehead atoms. The molecule has 0 saturated carbocycles. The summed E-state index contributed by atoms with van der Waals surface area (Å²) < 4.78 is 11.4. The summed E-state index contributed by atoms with van der Waals surface area (Å²) in [5.74, 6) is 1.22. The van der Waals surface area contributed by atoms with Crippen molar-refractivity contribution in [3.05, 3.63) is 53.6 Å². The number of benzene rings is 2. The Kier molecular flexibility index (Phi) is 8.71. The third-order valence-electron chi connectivity index (χ3n) is 4.61. The molecule has 1 unspecified atom stereocenters. The van der Waals surface area contributed by atoms with Gasteiger partial charge in [0, 0.05) is 17.7 Å². The molecule has 0 fully saturated rings. The van der Waals surface area contributed by atoms with Gasteiger partial charge in [0.15, 0.2) is 11.5 Å². The molecule has 0 spiro atoms. The second kappa shape index (κ2) is 11.2. The molecule has 0 aromatic heterocycles. The van der Waals surface area contributed by atoms with Gasteiger partial charge in [-0.2, -0.15) is 0 Å². The van der Waals surface area contributed by atoms with Crippen molar-refractivity contribution in [2.24, 2.45) is 5.92 Å². The van der Waals surface area contributed by atoms with Crippen LogP contribution in [0.5, 0.6) is 11.5 Å². The molecule has 2 aromatic rings. The summed E-state index contributed by atoms with van der Waals surface area (Å²) in [5, 5.41) is 5.90. The summed E-state index contributed by atoms with van der Waals surface area (Å²) in [6.45, 7) is 10.8. The summed E-state index contributed by atoms with van der Waals surface area (Å²) >= 11 is 0. The molecule has 6 heteroatoms. The minimum atomic E-state index is -0.207. The van der Waals surface area contributed by atoms with E-state index in [-0.39, 0.29) is 23.8 Å². The summed E-state index contributed by atoms with van der Waals surface area (Å²) in [5.41, 5.74) is 2.04. The number of carbonyl (C=O) groups excluding carboxylic acids is 2. The molecule has 2 amide bonds. The topological polar surface area (TPSA) is 76.7 Å². The number of rotatable bonds is 10. The number of anilines is 1. The number of nitrogens with one attached hydrogen (secondary N) is 2. The zero-order valence-corrected chi connectivity index (χ0v) is 18.5. The van der Waals surface area contributed by atoms with Crippen molar-refractivity contribution >= 4 is 17.5 Å². The van der Waals surface area contributed by atoms with E-state index in [0.717, 1.165) is 5.56 Å². The van der Waals surface area contributed by atoms with E-state index < -0.39 is 0 Å². The summed E-state index contributed by atoms with van der Waals surface area (Å²) in [6, 6.07) is 12.5. The molecule has 0 aliphatic carbocycles. The molecule has 2 aromatic carbocycles. The third kappa shape index (κ3) is 6.24. The second-order valence-electron chi connectivity index (χ2n) is 7.25. The van der Waals surface area contributed by atoms with Gasteiger partial charge in [0.05, 0.1) is 19.3 Å². The van der Waals surface area contributed by atoms with Gasteiger partial charge in [-0.1, -0.05) is 32.9 Å². The van der Waals surface area contributed by atoms with E-state index in [1.54, 1.807) is 31.2 Å². The number of amides is 2. The van der Waals surface area contributed by atoms with Gasteiger partial charge in [0.2, 0.25) is 5.91 Å². The van der Waals surface area contributed by atoms with Crippen LogP contribution in [-0.2, 0) is 4.79 Å². The van der Waals surface area contributed by atoms with Gasteiger partial charge in [-0.05, 0) is 55.7 Å². The highest BCUT2D eigenvalue weighted by Crippen LogP contribution is 2.33. The van der Waals surface area contributed by atoms with Crippen molar-refractivity contribution in [1.82, 2.24) is 5.32 Å². The Morgan fingerprint density at radius 1 is 0.933 bits per heavy atom. The zero-order valence-electron chi connectivity index (χ0n) is 18.5. The average molecular weight is 413 g/mol. The maximum absolute atomic E-state index is 12.9. The predicted molar refractivity (Wildman–Crippen MR) is 119 cm³/mol. The molecule has 1 atom stereocenters. The van der Waals surface area contributed by atoms with Gasteiger partial charge in [0.1, 0.15) is 0 Å². The van der Waals surface area contributed by atoms with Gasteiger partial charge in [-0.25, -0.2) is 0 Å². The van der Waals surface area contributed by atoms with E-state index in [1.807, 2.05) is 32.0 Å². The fourth-order valence-corrected chi connectivity index (χ4v) is 3.11. The van der Waals surface area contributed by atoms with Crippen LogP contribution in [0.3, 0.4) is 0 Å². The molecule has 0 heterocycles. The van der Waals surface area contributed by atoms with Gasteiger partial charge < -0.3 is 20.1 Å². The standard InChI is InChI=1S/C24H32N2O4/c1-6-22(27)25-19-11-9-10-18(14-19)24(28)26-23(16(4)5)17-12-13-20(29-7-2)21(15-17)30-8-3/h9-16,23H,6-8H2,1-5H3,(H,25,27)(H,26,28). The Morgan fingerprint density at radius 2 is 1.63 bits per heavy atom. The maximum atomic E-state index is 12.9. The summed E-state index contributed by atoms with van der Waals surface area (Å²) in [7, 11) is 0. The van der Waals surface area contributed by atoms with Crippen LogP contribution in [0.15, 0.2) is 42.5 Å². The number of hydrogen-bond donors (Lipinski definition) is 2. The minimum absolute atomic E-state index is 0.0922. The smallest absolute Gasteiger partial charge is 0.251 e. The minimum Gasteiger partial charge on any atom is -0.490 e. The normalized spacial score (nSPS) is 11.7.